The first-order valence-corrected chi connectivity index (χ1v) is 12.3. The van der Waals surface area contributed by atoms with Crippen LogP contribution in [0.2, 0.25) is 0 Å². The Labute approximate surface area is 229 Å². The predicted octanol–water partition coefficient (Wildman–Crippen LogP) is 9.46. The minimum Gasteiger partial charge on any atom is -0.398 e. The van der Waals surface area contributed by atoms with Crippen molar-refractivity contribution in [3.63, 3.8) is 0 Å². The maximum Gasteiger partial charge on any atom is 0.0393 e. The van der Waals surface area contributed by atoms with Gasteiger partial charge in [0.05, 0.1) is 0 Å². The van der Waals surface area contributed by atoms with E-state index in [-0.39, 0.29) is 15.8 Å². The number of halogens is 1. The van der Waals surface area contributed by atoms with E-state index in [1.54, 1.807) is 0 Å². The highest BCUT2D eigenvalue weighted by Gasteiger charge is 2.02. The third kappa shape index (κ3) is 5.97. The van der Waals surface area contributed by atoms with E-state index in [0.717, 1.165) is 11.1 Å². The molecule has 175 valence electrons. The second-order valence-electron chi connectivity index (χ2n) is 8.19. The molecule has 0 bridgehead atoms. The molecule has 6 aromatic carbocycles. The van der Waals surface area contributed by atoms with Crippen molar-refractivity contribution in [2.75, 3.05) is 5.73 Å². The molecule has 1 nitrogen and oxygen atoms in total. The molecule has 0 aliphatic carbocycles. The highest BCUT2D eigenvalue weighted by atomic mass is 127. The second kappa shape index (κ2) is 12.4. The quantitative estimate of drug-likeness (QED) is 0.124. The van der Waals surface area contributed by atoms with Gasteiger partial charge in [0.2, 0.25) is 0 Å². The number of fused-ring (bicyclic) bond motifs is 2. The Balaban J connectivity index is 0.000000190. The Morgan fingerprint density at radius 3 is 1.47 bits per heavy atom. The summed E-state index contributed by atoms with van der Waals surface area (Å²) in [4.78, 5) is 0. The minimum atomic E-state index is 0. The molecule has 0 aromatic heterocycles. The summed E-state index contributed by atoms with van der Waals surface area (Å²) >= 11 is 2.39. The van der Waals surface area contributed by atoms with Gasteiger partial charge in [-0.3, -0.25) is 0 Å². The molecule has 0 spiro atoms. The monoisotopic (exact) mass is 576 g/mol. The van der Waals surface area contributed by atoms with Gasteiger partial charge in [-0.05, 0) is 85.3 Å². The number of rotatable bonds is 2. The van der Waals surface area contributed by atoms with Crippen LogP contribution in [-0.2, 0) is 0 Å². The fourth-order valence-corrected chi connectivity index (χ4v) is 4.83. The summed E-state index contributed by atoms with van der Waals surface area (Å²) in [5, 5.41) is 4.93. The lowest BCUT2D eigenvalue weighted by Crippen LogP contribution is -1.87. The van der Waals surface area contributed by atoms with Gasteiger partial charge in [0.15, 0.2) is 0 Å². The Bertz CT molecular complexity index is 1440. The maximum absolute atomic E-state index is 6.00. The predicted molar refractivity (Wildman–Crippen MR) is 168 cm³/mol. The molecular formula is C33H28BIN. The normalized spacial score (nSPS) is 10.0. The van der Waals surface area contributed by atoms with Gasteiger partial charge in [0.1, 0.15) is 0 Å². The van der Waals surface area contributed by atoms with E-state index in [4.69, 9.17) is 5.73 Å². The van der Waals surface area contributed by atoms with Gasteiger partial charge >= 0.3 is 0 Å². The zero-order valence-electron chi connectivity index (χ0n) is 19.2. The van der Waals surface area contributed by atoms with Crippen LogP contribution in [0.1, 0.15) is 7.43 Å². The van der Waals surface area contributed by atoms with Crippen LogP contribution in [0.3, 0.4) is 0 Å². The summed E-state index contributed by atoms with van der Waals surface area (Å²) in [6.45, 7) is 0. The van der Waals surface area contributed by atoms with Crippen molar-refractivity contribution in [1.29, 1.82) is 0 Å². The van der Waals surface area contributed by atoms with Crippen LogP contribution >= 0.6 is 22.6 Å². The second-order valence-corrected chi connectivity index (χ2v) is 9.35. The molecule has 6 aromatic rings. The number of hydrogen-bond acceptors (Lipinski definition) is 1. The average molecular weight is 576 g/mol. The van der Waals surface area contributed by atoms with Crippen molar-refractivity contribution in [3.05, 3.63) is 137 Å². The van der Waals surface area contributed by atoms with Gasteiger partial charge < -0.3 is 5.73 Å². The molecule has 0 atom stereocenters. The summed E-state index contributed by atoms with van der Waals surface area (Å²) in [7, 11) is 0. The Morgan fingerprint density at radius 1 is 0.444 bits per heavy atom. The molecule has 0 unspecified atom stereocenters. The number of hydrogen-bond donors (Lipinski definition) is 1. The number of benzene rings is 6. The summed E-state index contributed by atoms with van der Waals surface area (Å²) < 4.78 is 1.30. The van der Waals surface area contributed by atoms with Crippen LogP contribution in [0.4, 0.5) is 5.69 Å². The summed E-state index contributed by atoms with van der Waals surface area (Å²) in [6, 6.07) is 46.3. The van der Waals surface area contributed by atoms with E-state index >= 15 is 0 Å². The SMILES string of the molecule is C.Ic1cccc2ccc(-c3ccccc3)cc12.Nc1cccc2ccc(-c3ccccc3)cc12.[B]. The van der Waals surface area contributed by atoms with Gasteiger partial charge in [-0.1, -0.05) is 117 Å². The van der Waals surface area contributed by atoms with Crippen LogP contribution in [0.5, 0.6) is 0 Å². The number of anilines is 1. The van der Waals surface area contributed by atoms with Crippen LogP contribution < -0.4 is 5.73 Å². The first-order chi connectivity index (χ1) is 16.7. The molecule has 0 saturated carbocycles. The topological polar surface area (TPSA) is 26.0 Å². The van der Waals surface area contributed by atoms with Crippen LogP contribution in [0, 0.1) is 3.57 Å². The van der Waals surface area contributed by atoms with Crippen LogP contribution in [-0.4, -0.2) is 8.41 Å². The van der Waals surface area contributed by atoms with Crippen LogP contribution in [0.25, 0.3) is 43.8 Å². The minimum absolute atomic E-state index is 0. The third-order valence-corrected chi connectivity index (χ3v) is 6.90. The lowest BCUT2D eigenvalue weighted by Gasteiger charge is -2.06. The van der Waals surface area contributed by atoms with Crippen molar-refractivity contribution in [2.45, 2.75) is 7.43 Å². The van der Waals surface area contributed by atoms with Gasteiger partial charge in [0.25, 0.3) is 0 Å². The standard InChI is InChI=1S/C16H11I.C16H13N.CH4.B/c2*17-16-8-4-7-13-9-10-14(11-15(13)16)12-5-2-1-3-6-12;;/h1-11H;1-11H,17H2;1H4;. The fourth-order valence-electron chi connectivity index (χ4n) is 4.15. The van der Waals surface area contributed by atoms with Gasteiger partial charge in [-0.15, -0.1) is 0 Å². The molecule has 36 heavy (non-hydrogen) atoms. The number of nitrogens with two attached hydrogens (primary N) is 1. The van der Waals surface area contributed by atoms with Crippen molar-refractivity contribution in [2.24, 2.45) is 0 Å². The Morgan fingerprint density at radius 2 is 0.917 bits per heavy atom. The lowest BCUT2D eigenvalue weighted by atomic mass is 10.0. The first-order valence-electron chi connectivity index (χ1n) is 11.3. The Kier molecular flexibility index (Phi) is 9.32. The molecule has 2 N–H and O–H groups in total. The largest absolute Gasteiger partial charge is 0.398 e. The van der Waals surface area contributed by atoms with E-state index in [1.807, 2.05) is 36.4 Å². The number of nitrogen functional groups attached to an aromatic ring is 1. The van der Waals surface area contributed by atoms with E-state index < -0.39 is 0 Å². The molecule has 0 aliphatic heterocycles. The molecule has 0 saturated heterocycles. The van der Waals surface area contributed by atoms with Crippen molar-refractivity contribution >= 4 is 58.2 Å². The van der Waals surface area contributed by atoms with Gasteiger partial charge in [0, 0.05) is 23.1 Å². The molecular weight excluding hydrogens is 548 g/mol. The highest BCUT2D eigenvalue weighted by molar-refractivity contribution is 14.1. The lowest BCUT2D eigenvalue weighted by molar-refractivity contribution is 1.63. The smallest absolute Gasteiger partial charge is 0.0393 e. The third-order valence-electron chi connectivity index (χ3n) is 5.96. The molecule has 0 aliphatic rings. The summed E-state index contributed by atoms with van der Waals surface area (Å²) in [6.07, 6.45) is 0. The molecule has 0 heterocycles. The van der Waals surface area contributed by atoms with E-state index in [1.165, 1.54) is 42.0 Å². The van der Waals surface area contributed by atoms with Gasteiger partial charge in [-0.2, -0.15) is 0 Å². The van der Waals surface area contributed by atoms with Crippen molar-refractivity contribution < 1.29 is 0 Å². The van der Waals surface area contributed by atoms with E-state index in [0.29, 0.717) is 0 Å². The molecule has 6 rings (SSSR count). The van der Waals surface area contributed by atoms with Gasteiger partial charge in [-0.25, -0.2) is 0 Å². The molecule has 0 amide bonds. The van der Waals surface area contributed by atoms with Crippen molar-refractivity contribution in [1.82, 2.24) is 0 Å². The van der Waals surface area contributed by atoms with E-state index in [2.05, 4.69) is 120 Å². The molecule has 3 radical (unpaired) electrons. The highest BCUT2D eigenvalue weighted by Crippen LogP contribution is 2.28. The summed E-state index contributed by atoms with van der Waals surface area (Å²) in [5.41, 5.74) is 11.8. The summed E-state index contributed by atoms with van der Waals surface area (Å²) in [5.74, 6) is 0. The van der Waals surface area contributed by atoms with Crippen LogP contribution in [0.15, 0.2) is 133 Å². The fraction of sp³-hybridized carbons (Fsp3) is 0.0303. The van der Waals surface area contributed by atoms with Crippen molar-refractivity contribution in [3.8, 4) is 22.3 Å². The molecule has 3 heteroatoms. The zero-order chi connectivity index (χ0) is 23.3. The van der Waals surface area contributed by atoms with E-state index in [9.17, 15) is 0 Å². The average Bonchev–Trinajstić information content (AvgIpc) is 2.90. The zero-order valence-corrected chi connectivity index (χ0v) is 21.4. The first kappa shape index (κ1) is 27.0. The maximum atomic E-state index is 6.00. The molecule has 0 fully saturated rings. The Hall–Kier alpha value is -3.57.